The molecule has 0 bridgehead atoms. The van der Waals surface area contributed by atoms with Gasteiger partial charge in [-0.3, -0.25) is 5.32 Å². The number of likely N-dealkylation sites (N-methyl/N-ethyl adjacent to an activating group) is 2. The molecule has 0 aromatic carbocycles. The van der Waals surface area contributed by atoms with Crippen molar-refractivity contribution < 1.29 is 0 Å². The van der Waals surface area contributed by atoms with Crippen LogP contribution in [0.1, 0.15) is 33.6 Å². The van der Waals surface area contributed by atoms with Crippen molar-refractivity contribution >= 4 is 0 Å². The summed E-state index contributed by atoms with van der Waals surface area (Å²) in [5, 5.41) is 12.8. The van der Waals surface area contributed by atoms with Crippen molar-refractivity contribution in [1.29, 1.82) is 5.26 Å². The Hall–Kier alpha value is -0.590. The van der Waals surface area contributed by atoms with Gasteiger partial charge in [-0.1, -0.05) is 6.92 Å². The van der Waals surface area contributed by atoms with E-state index in [0.29, 0.717) is 12.0 Å². The van der Waals surface area contributed by atoms with Gasteiger partial charge in [-0.05, 0) is 46.2 Å². The lowest BCUT2D eigenvalue weighted by Gasteiger charge is -2.34. The minimum atomic E-state index is -0.312. The highest BCUT2D eigenvalue weighted by Crippen LogP contribution is 2.39. The SMILES string of the molecule is CCNC(C#N)(CN(C)C(C)C)C1CC1. The first-order valence-electron chi connectivity index (χ1n) is 5.92. The molecular formula is C12H23N3. The highest BCUT2D eigenvalue weighted by Gasteiger charge is 2.45. The summed E-state index contributed by atoms with van der Waals surface area (Å²) in [5.41, 5.74) is -0.312. The van der Waals surface area contributed by atoms with Gasteiger partial charge in [-0.2, -0.15) is 5.26 Å². The van der Waals surface area contributed by atoms with Crippen LogP contribution in [0.15, 0.2) is 0 Å². The van der Waals surface area contributed by atoms with E-state index in [4.69, 9.17) is 0 Å². The van der Waals surface area contributed by atoms with Crippen LogP contribution in [0.2, 0.25) is 0 Å². The summed E-state index contributed by atoms with van der Waals surface area (Å²) in [6.07, 6.45) is 2.40. The summed E-state index contributed by atoms with van der Waals surface area (Å²) in [7, 11) is 2.09. The lowest BCUT2D eigenvalue weighted by Crippen LogP contribution is -2.54. The second-order valence-corrected chi connectivity index (χ2v) is 4.90. The number of hydrogen-bond donors (Lipinski definition) is 1. The summed E-state index contributed by atoms with van der Waals surface area (Å²) in [4.78, 5) is 2.25. The third kappa shape index (κ3) is 2.93. The van der Waals surface area contributed by atoms with E-state index >= 15 is 0 Å². The van der Waals surface area contributed by atoms with E-state index in [-0.39, 0.29) is 5.54 Å². The Morgan fingerprint density at radius 1 is 1.53 bits per heavy atom. The minimum absolute atomic E-state index is 0.312. The van der Waals surface area contributed by atoms with Crippen molar-refractivity contribution in [3.8, 4) is 6.07 Å². The zero-order chi connectivity index (χ0) is 11.5. The van der Waals surface area contributed by atoms with Gasteiger partial charge < -0.3 is 4.90 Å². The third-order valence-electron chi connectivity index (χ3n) is 3.35. The fourth-order valence-corrected chi connectivity index (χ4v) is 1.96. The molecule has 86 valence electrons. The third-order valence-corrected chi connectivity index (χ3v) is 3.35. The van der Waals surface area contributed by atoms with E-state index < -0.39 is 0 Å². The lowest BCUT2D eigenvalue weighted by molar-refractivity contribution is 0.196. The predicted molar refractivity (Wildman–Crippen MR) is 62.5 cm³/mol. The normalized spacial score (nSPS) is 20.3. The van der Waals surface area contributed by atoms with Gasteiger partial charge in [-0.15, -0.1) is 0 Å². The zero-order valence-electron chi connectivity index (χ0n) is 10.4. The maximum Gasteiger partial charge on any atom is 0.122 e. The fourth-order valence-electron chi connectivity index (χ4n) is 1.96. The molecule has 0 spiro atoms. The average molecular weight is 209 g/mol. The predicted octanol–water partition coefficient (Wildman–Crippen LogP) is 1.61. The van der Waals surface area contributed by atoms with E-state index in [9.17, 15) is 5.26 Å². The molecule has 1 atom stereocenters. The van der Waals surface area contributed by atoms with Crippen LogP contribution >= 0.6 is 0 Å². The summed E-state index contributed by atoms with van der Waals surface area (Å²) in [6, 6.07) is 3.01. The molecule has 3 heteroatoms. The van der Waals surface area contributed by atoms with Gasteiger partial charge in [0.05, 0.1) is 6.07 Å². The highest BCUT2D eigenvalue weighted by atomic mass is 15.2. The second-order valence-electron chi connectivity index (χ2n) is 4.90. The first-order chi connectivity index (χ1) is 7.05. The minimum Gasteiger partial charge on any atom is -0.301 e. The fraction of sp³-hybridized carbons (Fsp3) is 0.917. The van der Waals surface area contributed by atoms with Crippen LogP contribution in [0.4, 0.5) is 0 Å². The lowest BCUT2D eigenvalue weighted by atomic mass is 9.93. The average Bonchev–Trinajstić information content (AvgIpc) is 3.00. The molecule has 3 nitrogen and oxygen atoms in total. The van der Waals surface area contributed by atoms with E-state index in [2.05, 4.69) is 44.1 Å². The van der Waals surface area contributed by atoms with Crippen molar-refractivity contribution in [3.05, 3.63) is 0 Å². The Labute approximate surface area is 93.5 Å². The highest BCUT2D eigenvalue weighted by molar-refractivity contribution is 5.16. The number of nitrogens with zero attached hydrogens (tertiary/aromatic N) is 2. The van der Waals surface area contributed by atoms with Crippen molar-refractivity contribution in [2.24, 2.45) is 5.92 Å². The van der Waals surface area contributed by atoms with Crippen LogP contribution in [0, 0.1) is 17.2 Å². The van der Waals surface area contributed by atoms with Crippen LogP contribution in [0.3, 0.4) is 0 Å². The van der Waals surface area contributed by atoms with E-state index in [0.717, 1.165) is 13.1 Å². The largest absolute Gasteiger partial charge is 0.301 e. The first kappa shape index (κ1) is 12.5. The van der Waals surface area contributed by atoms with Crippen molar-refractivity contribution in [2.45, 2.75) is 45.2 Å². The summed E-state index contributed by atoms with van der Waals surface area (Å²) in [6.45, 7) is 8.11. The molecule has 1 N–H and O–H groups in total. The van der Waals surface area contributed by atoms with Crippen LogP contribution in [0.25, 0.3) is 0 Å². The summed E-state index contributed by atoms with van der Waals surface area (Å²) >= 11 is 0. The molecule has 1 rings (SSSR count). The smallest absolute Gasteiger partial charge is 0.122 e. The molecule has 1 unspecified atom stereocenters. The Morgan fingerprint density at radius 3 is 2.47 bits per heavy atom. The Bertz CT molecular complexity index is 240. The van der Waals surface area contributed by atoms with Gasteiger partial charge >= 0.3 is 0 Å². The molecule has 0 heterocycles. The maximum absolute atomic E-state index is 9.41. The molecule has 1 aliphatic carbocycles. The van der Waals surface area contributed by atoms with Gasteiger partial charge in [0.2, 0.25) is 0 Å². The first-order valence-corrected chi connectivity index (χ1v) is 5.92. The number of nitrogens with one attached hydrogen (secondary N) is 1. The number of hydrogen-bond acceptors (Lipinski definition) is 3. The topological polar surface area (TPSA) is 39.1 Å². The maximum atomic E-state index is 9.41. The zero-order valence-corrected chi connectivity index (χ0v) is 10.4. The van der Waals surface area contributed by atoms with Gasteiger partial charge in [0, 0.05) is 12.6 Å². The van der Waals surface area contributed by atoms with Crippen molar-refractivity contribution in [1.82, 2.24) is 10.2 Å². The van der Waals surface area contributed by atoms with Crippen molar-refractivity contribution in [3.63, 3.8) is 0 Å². The number of rotatable bonds is 6. The molecule has 0 aromatic heterocycles. The van der Waals surface area contributed by atoms with E-state index in [1.54, 1.807) is 0 Å². The van der Waals surface area contributed by atoms with Crippen LogP contribution in [-0.2, 0) is 0 Å². The molecule has 1 aliphatic rings. The summed E-state index contributed by atoms with van der Waals surface area (Å²) in [5.74, 6) is 0.559. The molecule has 1 saturated carbocycles. The van der Waals surface area contributed by atoms with Crippen LogP contribution in [0.5, 0.6) is 0 Å². The van der Waals surface area contributed by atoms with Gasteiger partial charge in [0.15, 0.2) is 0 Å². The molecule has 1 fully saturated rings. The monoisotopic (exact) mass is 209 g/mol. The molecule has 0 radical (unpaired) electrons. The molecule has 0 amide bonds. The quantitative estimate of drug-likeness (QED) is 0.722. The van der Waals surface area contributed by atoms with Gasteiger partial charge in [-0.25, -0.2) is 0 Å². The molecule has 15 heavy (non-hydrogen) atoms. The molecule has 0 aromatic rings. The molecule has 0 aliphatic heterocycles. The molecular weight excluding hydrogens is 186 g/mol. The summed E-state index contributed by atoms with van der Waals surface area (Å²) < 4.78 is 0. The van der Waals surface area contributed by atoms with Crippen LogP contribution < -0.4 is 5.32 Å². The van der Waals surface area contributed by atoms with Gasteiger partial charge in [0.25, 0.3) is 0 Å². The molecule has 0 saturated heterocycles. The van der Waals surface area contributed by atoms with Crippen molar-refractivity contribution in [2.75, 3.05) is 20.1 Å². The standard InChI is InChI=1S/C12H23N3/c1-5-14-12(8-13,11-6-7-11)9-15(4)10(2)3/h10-11,14H,5-7,9H2,1-4H3. The number of nitriles is 1. The Balaban J connectivity index is 2.67. The Kier molecular flexibility index (Phi) is 4.12. The van der Waals surface area contributed by atoms with Crippen LogP contribution in [-0.4, -0.2) is 36.6 Å². The van der Waals surface area contributed by atoms with E-state index in [1.807, 2.05) is 0 Å². The second kappa shape index (κ2) is 4.96. The van der Waals surface area contributed by atoms with Gasteiger partial charge in [0.1, 0.15) is 5.54 Å². The Morgan fingerprint density at radius 2 is 2.13 bits per heavy atom. The van der Waals surface area contributed by atoms with E-state index in [1.165, 1.54) is 12.8 Å².